The topological polar surface area (TPSA) is 44.5 Å². The number of hydrogen-bond acceptors (Lipinski definition) is 3. The molecule has 0 saturated carbocycles. The van der Waals surface area contributed by atoms with E-state index in [1.807, 2.05) is 24.3 Å². The zero-order valence-electron chi connectivity index (χ0n) is 14.5. The summed E-state index contributed by atoms with van der Waals surface area (Å²) < 4.78 is 11.4. The fourth-order valence-electron chi connectivity index (χ4n) is 2.37. The number of methoxy groups -OCH3 is 1. The molecule has 3 nitrogen and oxygen atoms in total. The van der Waals surface area contributed by atoms with Crippen molar-refractivity contribution in [2.45, 2.75) is 39.8 Å². The lowest BCUT2D eigenvalue weighted by molar-refractivity contribution is 0.280. The van der Waals surface area contributed by atoms with Gasteiger partial charge in [0.2, 0.25) is 0 Å². The summed E-state index contributed by atoms with van der Waals surface area (Å²) in [6, 6.07) is 16.4. The summed E-state index contributed by atoms with van der Waals surface area (Å²) in [5, 5.41) is 0. The first-order valence-electron chi connectivity index (χ1n) is 8.01. The summed E-state index contributed by atoms with van der Waals surface area (Å²) in [5.74, 6) is 1.53. The molecule has 0 saturated heterocycles. The molecule has 0 spiro atoms. The van der Waals surface area contributed by atoms with Crippen LogP contribution in [0.5, 0.6) is 11.5 Å². The van der Waals surface area contributed by atoms with Gasteiger partial charge in [-0.2, -0.15) is 0 Å². The van der Waals surface area contributed by atoms with Crippen LogP contribution >= 0.6 is 0 Å². The van der Waals surface area contributed by atoms with Crippen molar-refractivity contribution in [1.29, 1.82) is 0 Å². The van der Waals surface area contributed by atoms with Crippen LogP contribution in [-0.4, -0.2) is 13.2 Å². The van der Waals surface area contributed by atoms with Crippen molar-refractivity contribution in [2.24, 2.45) is 11.1 Å². The highest BCUT2D eigenvalue weighted by atomic mass is 16.5. The van der Waals surface area contributed by atoms with Crippen LogP contribution in [0.4, 0.5) is 0 Å². The first-order valence-corrected chi connectivity index (χ1v) is 8.01. The van der Waals surface area contributed by atoms with Gasteiger partial charge in [-0.3, -0.25) is 0 Å². The Labute approximate surface area is 139 Å². The standard InChI is InChI=1S/C20H27NO2/c1-15(21)20(2,3)13-17-10-11-18(22-4)19(12-17)23-14-16-8-6-5-7-9-16/h5-12,15H,13-14,21H2,1-4H3. The Hall–Kier alpha value is -2.00. The van der Waals surface area contributed by atoms with Gasteiger partial charge >= 0.3 is 0 Å². The van der Waals surface area contributed by atoms with E-state index < -0.39 is 0 Å². The second-order valence-electron chi connectivity index (χ2n) is 6.71. The van der Waals surface area contributed by atoms with Crippen molar-refractivity contribution in [3.63, 3.8) is 0 Å². The Kier molecular flexibility index (Phi) is 5.67. The molecular formula is C20H27NO2. The van der Waals surface area contributed by atoms with Crippen LogP contribution in [0.1, 0.15) is 31.9 Å². The number of hydrogen-bond donors (Lipinski definition) is 1. The maximum atomic E-state index is 6.09. The molecule has 0 aliphatic rings. The van der Waals surface area contributed by atoms with Crippen molar-refractivity contribution in [1.82, 2.24) is 0 Å². The van der Waals surface area contributed by atoms with Crippen LogP contribution in [0.3, 0.4) is 0 Å². The molecule has 0 aliphatic carbocycles. The molecule has 23 heavy (non-hydrogen) atoms. The van der Waals surface area contributed by atoms with Crippen molar-refractivity contribution in [2.75, 3.05) is 7.11 Å². The Morgan fingerprint density at radius 2 is 1.70 bits per heavy atom. The molecule has 0 bridgehead atoms. The molecule has 0 aromatic heterocycles. The van der Waals surface area contributed by atoms with E-state index in [0.29, 0.717) is 6.61 Å². The third kappa shape index (κ3) is 4.73. The largest absolute Gasteiger partial charge is 0.493 e. The molecule has 2 rings (SSSR count). The van der Waals surface area contributed by atoms with E-state index >= 15 is 0 Å². The second-order valence-corrected chi connectivity index (χ2v) is 6.71. The molecule has 3 heteroatoms. The molecule has 0 radical (unpaired) electrons. The van der Waals surface area contributed by atoms with Gasteiger partial charge in [-0.05, 0) is 42.0 Å². The SMILES string of the molecule is COc1ccc(CC(C)(C)C(C)N)cc1OCc1ccccc1. The molecule has 124 valence electrons. The van der Waals surface area contributed by atoms with E-state index in [0.717, 1.165) is 23.5 Å². The minimum Gasteiger partial charge on any atom is -0.493 e. The van der Waals surface area contributed by atoms with Crippen LogP contribution < -0.4 is 15.2 Å². The number of benzene rings is 2. The quantitative estimate of drug-likeness (QED) is 0.833. The van der Waals surface area contributed by atoms with E-state index in [4.69, 9.17) is 15.2 Å². The van der Waals surface area contributed by atoms with Crippen LogP contribution in [0.2, 0.25) is 0 Å². The minimum absolute atomic E-state index is 0.0330. The summed E-state index contributed by atoms with van der Waals surface area (Å²) >= 11 is 0. The highest BCUT2D eigenvalue weighted by Crippen LogP contribution is 2.32. The molecule has 1 unspecified atom stereocenters. The predicted molar refractivity (Wildman–Crippen MR) is 94.9 cm³/mol. The van der Waals surface area contributed by atoms with Gasteiger partial charge < -0.3 is 15.2 Å². The van der Waals surface area contributed by atoms with Gasteiger partial charge in [0, 0.05) is 6.04 Å². The van der Waals surface area contributed by atoms with Crippen molar-refractivity contribution < 1.29 is 9.47 Å². The molecule has 2 aromatic rings. The molecule has 0 amide bonds. The molecular weight excluding hydrogens is 286 g/mol. The maximum absolute atomic E-state index is 6.09. The van der Waals surface area contributed by atoms with Gasteiger partial charge in [0.15, 0.2) is 11.5 Å². The molecule has 2 N–H and O–H groups in total. The molecule has 2 aromatic carbocycles. The second kappa shape index (κ2) is 7.51. The van der Waals surface area contributed by atoms with Crippen LogP contribution in [0.15, 0.2) is 48.5 Å². The molecule has 0 heterocycles. The number of rotatable bonds is 7. The lowest BCUT2D eigenvalue weighted by Gasteiger charge is -2.29. The maximum Gasteiger partial charge on any atom is 0.161 e. The highest BCUT2D eigenvalue weighted by molar-refractivity contribution is 5.43. The zero-order chi connectivity index (χ0) is 16.9. The third-order valence-corrected chi connectivity index (χ3v) is 4.36. The fourth-order valence-corrected chi connectivity index (χ4v) is 2.37. The first kappa shape index (κ1) is 17.4. The van der Waals surface area contributed by atoms with Crippen molar-refractivity contribution in [3.8, 4) is 11.5 Å². The van der Waals surface area contributed by atoms with Crippen LogP contribution in [0, 0.1) is 5.41 Å². The van der Waals surface area contributed by atoms with E-state index in [-0.39, 0.29) is 11.5 Å². The van der Waals surface area contributed by atoms with Gasteiger partial charge in [-0.15, -0.1) is 0 Å². The zero-order valence-corrected chi connectivity index (χ0v) is 14.5. The first-order chi connectivity index (χ1) is 10.9. The van der Waals surface area contributed by atoms with Crippen LogP contribution in [-0.2, 0) is 13.0 Å². The van der Waals surface area contributed by atoms with Gasteiger partial charge in [-0.1, -0.05) is 50.2 Å². The summed E-state index contributed by atoms with van der Waals surface area (Å²) in [4.78, 5) is 0. The summed E-state index contributed by atoms with van der Waals surface area (Å²) in [6.45, 7) is 6.95. The van der Waals surface area contributed by atoms with Gasteiger partial charge in [-0.25, -0.2) is 0 Å². The van der Waals surface area contributed by atoms with E-state index in [2.05, 4.69) is 45.0 Å². The third-order valence-electron chi connectivity index (χ3n) is 4.36. The number of nitrogens with two attached hydrogens (primary N) is 1. The Bertz CT molecular complexity index is 621. The lowest BCUT2D eigenvalue weighted by atomic mass is 9.80. The van der Waals surface area contributed by atoms with Gasteiger partial charge in [0.1, 0.15) is 6.61 Å². The van der Waals surface area contributed by atoms with Crippen molar-refractivity contribution in [3.05, 3.63) is 59.7 Å². The fraction of sp³-hybridized carbons (Fsp3) is 0.400. The Balaban J connectivity index is 2.15. The summed E-state index contributed by atoms with van der Waals surface area (Å²) in [5.41, 5.74) is 8.46. The normalized spacial score (nSPS) is 12.7. The summed E-state index contributed by atoms with van der Waals surface area (Å²) in [7, 11) is 1.66. The highest BCUT2D eigenvalue weighted by Gasteiger charge is 2.23. The predicted octanol–water partition coefficient (Wildman–Crippen LogP) is 4.19. The smallest absolute Gasteiger partial charge is 0.161 e. The molecule has 1 atom stereocenters. The summed E-state index contributed by atoms with van der Waals surface area (Å²) in [6.07, 6.45) is 0.899. The Morgan fingerprint density at radius 3 is 2.30 bits per heavy atom. The van der Waals surface area contributed by atoms with E-state index in [1.54, 1.807) is 7.11 Å². The van der Waals surface area contributed by atoms with Gasteiger partial charge in [0.25, 0.3) is 0 Å². The Morgan fingerprint density at radius 1 is 1.00 bits per heavy atom. The molecule has 0 aliphatic heterocycles. The van der Waals surface area contributed by atoms with Crippen LogP contribution in [0.25, 0.3) is 0 Å². The monoisotopic (exact) mass is 313 g/mol. The lowest BCUT2D eigenvalue weighted by Crippen LogP contribution is -2.36. The van der Waals surface area contributed by atoms with E-state index in [9.17, 15) is 0 Å². The molecule has 0 fully saturated rings. The average molecular weight is 313 g/mol. The van der Waals surface area contributed by atoms with Crippen molar-refractivity contribution >= 4 is 0 Å². The number of ether oxygens (including phenoxy) is 2. The van der Waals surface area contributed by atoms with E-state index in [1.165, 1.54) is 5.56 Å². The average Bonchev–Trinajstić information content (AvgIpc) is 2.53. The van der Waals surface area contributed by atoms with Gasteiger partial charge in [0.05, 0.1) is 7.11 Å². The minimum atomic E-state index is 0.0330.